The van der Waals surface area contributed by atoms with Gasteiger partial charge in [0.2, 0.25) is 0 Å². The second-order valence-electron chi connectivity index (χ2n) is 4.80. The summed E-state index contributed by atoms with van der Waals surface area (Å²) in [6.07, 6.45) is 2.11. The highest BCUT2D eigenvalue weighted by Gasteiger charge is 2.15. The summed E-state index contributed by atoms with van der Waals surface area (Å²) in [5, 5.41) is 3.37. The molecule has 4 nitrogen and oxygen atoms in total. The number of piperazine rings is 1. The molecule has 2 aromatic heterocycles. The lowest BCUT2D eigenvalue weighted by Crippen LogP contribution is -2.43. The van der Waals surface area contributed by atoms with Crippen LogP contribution in [0.5, 0.6) is 0 Å². The summed E-state index contributed by atoms with van der Waals surface area (Å²) in [5.74, 6) is 1.11. The highest BCUT2D eigenvalue weighted by atomic mass is 79.9. The van der Waals surface area contributed by atoms with Gasteiger partial charge in [-0.15, -0.1) is 0 Å². The van der Waals surface area contributed by atoms with Crippen molar-refractivity contribution in [2.45, 2.75) is 13.5 Å². The maximum Gasteiger partial charge on any atom is 0.132 e. The van der Waals surface area contributed by atoms with Gasteiger partial charge in [0.25, 0.3) is 0 Å². The standard InChI is InChI=1S/C13H17BrN4/c1-10-2-5-18-11(8-10)13(14)16-12(18)9-17-6-3-15-4-7-17/h2,5,8,15H,3-4,6-7,9H2,1H3. The van der Waals surface area contributed by atoms with Gasteiger partial charge in [-0.2, -0.15) is 0 Å². The lowest BCUT2D eigenvalue weighted by molar-refractivity contribution is 0.227. The first-order valence-electron chi connectivity index (χ1n) is 6.30. The number of rotatable bonds is 2. The summed E-state index contributed by atoms with van der Waals surface area (Å²) >= 11 is 3.55. The van der Waals surface area contributed by atoms with Crippen LogP contribution in [0.4, 0.5) is 0 Å². The van der Waals surface area contributed by atoms with Crippen molar-refractivity contribution in [1.29, 1.82) is 0 Å². The SMILES string of the molecule is Cc1ccn2c(CN3CCNCC3)nc(Br)c2c1. The average Bonchev–Trinajstić information content (AvgIpc) is 2.67. The molecule has 0 atom stereocenters. The zero-order valence-electron chi connectivity index (χ0n) is 10.5. The Labute approximate surface area is 115 Å². The van der Waals surface area contributed by atoms with E-state index < -0.39 is 0 Å². The molecule has 1 aliphatic rings. The first-order valence-corrected chi connectivity index (χ1v) is 7.09. The van der Waals surface area contributed by atoms with Gasteiger partial charge in [-0.3, -0.25) is 4.90 Å². The summed E-state index contributed by atoms with van der Waals surface area (Å²) in [5.41, 5.74) is 2.41. The Morgan fingerprint density at radius 3 is 2.94 bits per heavy atom. The largest absolute Gasteiger partial charge is 0.314 e. The molecule has 0 unspecified atom stereocenters. The van der Waals surface area contributed by atoms with Gasteiger partial charge >= 0.3 is 0 Å². The second-order valence-corrected chi connectivity index (χ2v) is 5.56. The maximum atomic E-state index is 4.64. The molecule has 3 heterocycles. The number of aryl methyl sites for hydroxylation is 1. The van der Waals surface area contributed by atoms with E-state index in [0.29, 0.717) is 0 Å². The number of nitrogens with zero attached hydrogens (tertiary/aromatic N) is 3. The minimum Gasteiger partial charge on any atom is -0.314 e. The molecule has 0 aromatic carbocycles. The molecule has 0 amide bonds. The number of nitrogens with one attached hydrogen (secondary N) is 1. The van der Waals surface area contributed by atoms with Gasteiger partial charge in [-0.1, -0.05) is 0 Å². The van der Waals surface area contributed by atoms with E-state index in [0.717, 1.165) is 48.7 Å². The molecule has 2 aromatic rings. The first-order chi connectivity index (χ1) is 8.74. The Bertz CT molecular complexity index is 557. The molecule has 18 heavy (non-hydrogen) atoms. The topological polar surface area (TPSA) is 32.6 Å². The van der Waals surface area contributed by atoms with Crippen molar-refractivity contribution in [1.82, 2.24) is 19.6 Å². The number of hydrogen-bond donors (Lipinski definition) is 1. The number of pyridine rings is 1. The third-order valence-electron chi connectivity index (χ3n) is 3.40. The van der Waals surface area contributed by atoms with Gasteiger partial charge in [-0.25, -0.2) is 4.98 Å². The molecule has 1 saturated heterocycles. The van der Waals surface area contributed by atoms with Crippen LogP contribution in [0.25, 0.3) is 5.52 Å². The van der Waals surface area contributed by atoms with Crippen LogP contribution in [0.3, 0.4) is 0 Å². The van der Waals surface area contributed by atoms with Crippen molar-refractivity contribution in [3.8, 4) is 0 Å². The van der Waals surface area contributed by atoms with E-state index in [2.05, 4.69) is 60.8 Å². The van der Waals surface area contributed by atoms with Crippen LogP contribution in [0.2, 0.25) is 0 Å². The van der Waals surface area contributed by atoms with Gasteiger partial charge in [0.05, 0.1) is 12.1 Å². The fourth-order valence-electron chi connectivity index (χ4n) is 2.39. The van der Waals surface area contributed by atoms with E-state index in [-0.39, 0.29) is 0 Å². The van der Waals surface area contributed by atoms with E-state index in [4.69, 9.17) is 0 Å². The average molecular weight is 309 g/mol. The van der Waals surface area contributed by atoms with Gasteiger partial charge in [0.1, 0.15) is 10.4 Å². The number of hydrogen-bond acceptors (Lipinski definition) is 3. The molecule has 1 N–H and O–H groups in total. The van der Waals surface area contributed by atoms with Crippen molar-refractivity contribution in [2.75, 3.05) is 26.2 Å². The molecule has 96 valence electrons. The number of imidazole rings is 1. The number of fused-ring (bicyclic) bond motifs is 1. The lowest BCUT2D eigenvalue weighted by Gasteiger charge is -2.26. The Morgan fingerprint density at radius 2 is 2.17 bits per heavy atom. The van der Waals surface area contributed by atoms with Crippen LogP contribution in [-0.4, -0.2) is 40.5 Å². The van der Waals surface area contributed by atoms with E-state index in [1.54, 1.807) is 0 Å². The smallest absolute Gasteiger partial charge is 0.132 e. The van der Waals surface area contributed by atoms with Gasteiger partial charge in [0, 0.05) is 32.4 Å². The zero-order valence-corrected chi connectivity index (χ0v) is 12.1. The van der Waals surface area contributed by atoms with Crippen molar-refractivity contribution in [3.05, 3.63) is 34.3 Å². The summed E-state index contributed by atoms with van der Waals surface area (Å²) < 4.78 is 3.12. The Morgan fingerprint density at radius 1 is 1.39 bits per heavy atom. The van der Waals surface area contributed by atoms with Crippen LogP contribution >= 0.6 is 15.9 Å². The van der Waals surface area contributed by atoms with Crippen molar-refractivity contribution in [2.24, 2.45) is 0 Å². The molecular formula is C13H17BrN4. The van der Waals surface area contributed by atoms with Crippen molar-refractivity contribution >= 4 is 21.4 Å². The van der Waals surface area contributed by atoms with E-state index in [1.807, 2.05) is 0 Å². The summed E-state index contributed by atoms with van der Waals surface area (Å²) in [6, 6.07) is 4.29. The highest BCUT2D eigenvalue weighted by Crippen LogP contribution is 2.21. The normalized spacial score (nSPS) is 17.4. The van der Waals surface area contributed by atoms with Gasteiger partial charge < -0.3 is 9.72 Å². The maximum absolute atomic E-state index is 4.64. The molecule has 5 heteroatoms. The predicted molar refractivity (Wildman–Crippen MR) is 75.8 cm³/mol. The molecule has 1 fully saturated rings. The van der Waals surface area contributed by atoms with Crippen molar-refractivity contribution < 1.29 is 0 Å². The van der Waals surface area contributed by atoms with E-state index >= 15 is 0 Å². The molecule has 1 aliphatic heterocycles. The Hall–Kier alpha value is -0.910. The highest BCUT2D eigenvalue weighted by molar-refractivity contribution is 9.10. The molecule has 0 bridgehead atoms. The first kappa shape index (κ1) is 12.1. The zero-order chi connectivity index (χ0) is 12.5. The van der Waals surface area contributed by atoms with Crippen LogP contribution in [0.1, 0.15) is 11.4 Å². The third kappa shape index (κ3) is 2.30. The fraction of sp³-hybridized carbons (Fsp3) is 0.462. The molecule has 0 aliphatic carbocycles. The number of aromatic nitrogens is 2. The number of halogens is 1. The minimum atomic E-state index is 0.914. The molecule has 0 radical (unpaired) electrons. The Balaban J connectivity index is 1.91. The summed E-state index contributed by atoms with van der Waals surface area (Å²) in [6.45, 7) is 7.36. The molecule has 0 spiro atoms. The van der Waals surface area contributed by atoms with E-state index in [1.165, 1.54) is 5.56 Å². The minimum absolute atomic E-state index is 0.914. The molecular weight excluding hydrogens is 292 g/mol. The Kier molecular flexibility index (Phi) is 3.37. The van der Waals surface area contributed by atoms with Crippen molar-refractivity contribution in [3.63, 3.8) is 0 Å². The molecule has 0 saturated carbocycles. The van der Waals surface area contributed by atoms with Crippen LogP contribution < -0.4 is 5.32 Å². The van der Waals surface area contributed by atoms with Crippen LogP contribution in [0.15, 0.2) is 22.9 Å². The summed E-state index contributed by atoms with van der Waals surface area (Å²) in [4.78, 5) is 7.08. The lowest BCUT2D eigenvalue weighted by atomic mass is 10.3. The summed E-state index contributed by atoms with van der Waals surface area (Å²) in [7, 11) is 0. The van der Waals surface area contributed by atoms with E-state index in [9.17, 15) is 0 Å². The van der Waals surface area contributed by atoms with Crippen LogP contribution in [0, 0.1) is 6.92 Å². The second kappa shape index (κ2) is 4.99. The fourth-order valence-corrected chi connectivity index (χ4v) is 2.91. The quantitative estimate of drug-likeness (QED) is 0.918. The monoisotopic (exact) mass is 308 g/mol. The van der Waals surface area contributed by atoms with Gasteiger partial charge in [-0.05, 0) is 40.5 Å². The third-order valence-corrected chi connectivity index (χ3v) is 3.99. The predicted octanol–water partition coefficient (Wildman–Crippen LogP) is 1.81. The van der Waals surface area contributed by atoms with Gasteiger partial charge in [0.15, 0.2) is 0 Å². The van der Waals surface area contributed by atoms with Crippen LogP contribution in [-0.2, 0) is 6.54 Å². The molecule has 3 rings (SSSR count).